The number of carbonyl (C=O) groups is 2. The van der Waals surface area contributed by atoms with Gasteiger partial charge in [-0.15, -0.1) is 0 Å². The van der Waals surface area contributed by atoms with E-state index < -0.39 is 21.9 Å². The van der Waals surface area contributed by atoms with Crippen molar-refractivity contribution in [3.63, 3.8) is 0 Å². The number of hydrogen-bond donors (Lipinski definition) is 1. The molecule has 2 amide bonds. The molecule has 0 aliphatic heterocycles. The minimum absolute atomic E-state index is 0.00431. The highest BCUT2D eigenvalue weighted by Crippen LogP contribution is 2.27. The highest BCUT2D eigenvalue weighted by Gasteiger charge is 2.28. The maximum absolute atomic E-state index is 13.3. The Labute approximate surface area is 222 Å². The summed E-state index contributed by atoms with van der Waals surface area (Å²) in [6.07, 6.45) is 1.92. The average molecular weight is 561 g/mol. The molecule has 2 atom stereocenters. The van der Waals surface area contributed by atoms with Gasteiger partial charge in [-0.05, 0) is 63.1 Å². The van der Waals surface area contributed by atoms with E-state index in [1.54, 1.807) is 25.1 Å². The van der Waals surface area contributed by atoms with Gasteiger partial charge in [0.05, 0.1) is 11.9 Å². The van der Waals surface area contributed by atoms with Crippen molar-refractivity contribution in [2.24, 2.45) is 0 Å². The lowest BCUT2D eigenvalue weighted by molar-refractivity contribution is -0.140. The van der Waals surface area contributed by atoms with Gasteiger partial charge < -0.3 is 10.2 Å². The predicted octanol–water partition coefficient (Wildman–Crippen LogP) is 5.01. The third-order valence-electron chi connectivity index (χ3n) is 5.83. The fraction of sp³-hybridized carbons (Fsp3) is 0.440. The van der Waals surface area contributed by atoms with E-state index in [1.165, 1.54) is 29.2 Å². The first-order chi connectivity index (χ1) is 16.8. The van der Waals surface area contributed by atoms with Crippen molar-refractivity contribution in [2.75, 3.05) is 17.1 Å². The molecule has 0 saturated heterocycles. The summed E-state index contributed by atoms with van der Waals surface area (Å²) >= 11 is 12.6. The predicted molar refractivity (Wildman–Crippen MR) is 142 cm³/mol. The molecule has 0 heterocycles. The van der Waals surface area contributed by atoms with Crippen LogP contribution >= 0.6 is 23.2 Å². The van der Waals surface area contributed by atoms with Crippen LogP contribution in [0.15, 0.2) is 42.5 Å². The zero-order valence-electron chi connectivity index (χ0n) is 20.8. The molecule has 0 spiro atoms. The quantitative estimate of drug-likeness (QED) is 0.396. The number of nitrogens with one attached hydrogen (secondary N) is 1. The molecule has 7 nitrogen and oxygen atoms in total. The Hall–Kier alpha value is -2.36. The zero-order valence-corrected chi connectivity index (χ0v) is 23.1. The summed E-state index contributed by atoms with van der Waals surface area (Å²) in [5.41, 5.74) is 0.814. The van der Waals surface area contributed by atoms with Gasteiger partial charge >= 0.3 is 0 Å². The monoisotopic (exact) mass is 559 g/mol. The molecule has 0 fully saturated rings. The minimum Gasteiger partial charge on any atom is -0.352 e. The Balaban J connectivity index is 2.22. The van der Waals surface area contributed by atoms with Crippen molar-refractivity contribution in [3.05, 3.63) is 63.9 Å². The fourth-order valence-corrected chi connectivity index (χ4v) is 5.00. The molecular formula is C25H32Cl2FN3O4S. The first-order valence-electron chi connectivity index (χ1n) is 11.6. The van der Waals surface area contributed by atoms with Crippen LogP contribution in [-0.2, 0) is 26.2 Å². The lowest BCUT2D eigenvalue weighted by Gasteiger charge is -2.30. The van der Waals surface area contributed by atoms with Crippen molar-refractivity contribution < 1.29 is 22.4 Å². The molecule has 0 saturated carbocycles. The Morgan fingerprint density at radius 2 is 1.64 bits per heavy atom. The van der Waals surface area contributed by atoms with Gasteiger partial charge in [-0.2, -0.15) is 0 Å². The number of anilines is 1. The largest absolute Gasteiger partial charge is 0.352 e. The van der Waals surface area contributed by atoms with Crippen molar-refractivity contribution in [1.82, 2.24) is 10.2 Å². The van der Waals surface area contributed by atoms with Crippen molar-refractivity contribution in [3.8, 4) is 0 Å². The fourth-order valence-electron chi connectivity index (χ4n) is 3.51. The van der Waals surface area contributed by atoms with Gasteiger partial charge in [0.25, 0.3) is 0 Å². The molecule has 0 aromatic heterocycles. The lowest BCUT2D eigenvalue weighted by atomic mass is 10.1. The third kappa shape index (κ3) is 8.35. The van der Waals surface area contributed by atoms with Crippen LogP contribution in [0.3, 0.4) is 0 Å². The van der Waals surface area contributed by atoms with Gasteiger partial charge in [0.15, 0.2) is 0 Å². The number of carbonyl (C=O) groups excluding carboxylic acids is 2. The van der Waals surface area contributed by atoms with Crippen LogP contribution in [0.25, 0.3) is 0 Å². The molecule has 2 aromatic carbocycles. The van der Waals surface area contributed by atoms with Gasteiger partial charge in [0.1, 0.15) is 11.9 Å². The van der Waals surface area contributed by atoms with Crippen LogP contribution < -0.4 is 9.62 Å². The number of halogens is 3. The Morgan fingerprint density at radius 3 is 2.17 bits per heavy atom. The molecule has 2 rings (SSSR count). The maximum atomic E-state index is 13.3. The summed E-state index contributed by atoms with van der Waals surface area (Å²) in [5, 5.41) is 3.62. The second kappa shape index (κ2) is 13.3. The molecule has 2 aromatic rings. The number of hydrogen-bond acceptors (Lipinski definition) is 4. The van der Waals surface area contributed by atoms with E-state index >= 15 is 0 Å². The summed E-state index contributed by atoms with van der Waals surface area (Å²) in [7, 11) is -3.67. The van der Waals surface area contributed by atoms with Crippen LogP contribution in [-0.4, -0.2) is 50.0 Å². The maximum Gasteiger partial charge on any atom is 0.242 e. The number of sulfonamides is 1. The second-order valence-corrected chi connectivity index (χ2v) is 11.4. The van der Waals surface area contributed by atoms with Crippen molar-refractivity contribution in [1.29, 1.82) is 0 Å². The normalized spacial score (nSPS) is 13.1. The Kier molecular flexibility index (Phi) is 11.0. The smallest absolute Gasteiger partial charge is 0.242 e. The molecular weight excluding hydrogens is 528 g/mol. The number of amides is 2. The van der Waals surface area contributed by atoms with Crippen LogP contribution in [0.1, 0.15) is 45.6 Å². The summed E-state index contributed by atoms with van der Waals surface area (Å²) in [4.78, 5) is 27.6. The van der Waals surface area contributed by atoms with Crippen LogP contribution in [0.5, 0.6) is 0 Å². The molecule has 36 heavy (non-hydrogen) atoms. The average Bonchev–Trinajstić information content (AvgIpc) is 2.81. The van der Waals surface area contributed by atoms with Crippen LogP contribution in [0.2, 0.25) is 10.0 Å². The first kappa shape index (κ1) is 29.9. The molecule has 1 N–H and O–H groups in total. The number of benzene rings is 2. The van der Waals surface area contributed by atoms with E-state index in [-0.39, 0.29) is 43.8 Å². The van der Waals surface area contributed by atoms with E-state index in [0.29, 0.717) is 21.3 Å². The summed E-state index contributed by atoms with van der Waals surface area (Å²) in [5.74, 6) is -1.16. The highest BCUT2D eigenvalue weighted by atomic mass is 35.5. The van der Waals surface area contributed by atoms with Crippen molar-refractivity contribution >= 4 is 50.7 Å². The van der Waals surface area contributed by atoms with Gasteiger partial charge in [-0.3, -0.25) is 13.9 Å². The lowest BCUT2D eigenvalue weighted by Crippen LogP contribution is -2.49. The summed E-state index contributed by atoms with van der Waals surface area (Å²) < 4.78 is 39.1. The van der Waals surface area contributed by atoms with Crippen LogP contribution in [0, 0.1) is 5.82 Å². The zero-order chi connectivity index (χ0) is 27.0. The van der Waals surface area contributed by atoms with Gasteiger partial charge in [-0.25, -0.2) is 12.8 Å². The molecule has 0 aliphatic carbocycles. The standard InChI is InChI=1S/C25H32Cl2FN3O4S/c1-5-17(2)29-25(33)18(3)30(16-21-22(26)8-6-9-23(21)27)24(32)10-7-15-31(36(4,34)35)20-13-11-19(28)12-14-20/h6,8-9,11-14,17-18H,5,7,10,15-16H2,1-4H3,(H,29,33)/t17-,18-/m0/s1. The second-order valence-electron chi connectivity index (χ2n) is 8.63. The van der Waals surface area contributed by atoms with E-state index in [4.69, 9.17) is 23.2 Å². The molecule has 0 aliphatic rings. The number of nitrogens with zero attached hydrogens (tertiary/aromatic N) is 2. The Bertz CT molecular complexity index is 1140. The van der Waals surface area contributed by atoms with Crippen LogP contribution in [0.4, 0.5) is 10.1 Å². The molecule has 198 valence electrons. The molecule has 11 heteroatoms. The number of rotatable bonds is 12. The van der Waals surface area contributed by atoms with Crippen molar-refractivity contribution in [2.45, 2.75) is 58.7 Å². The van der Waals surface area contributed by atoms with E-state index in [2.05, 4.69) is 5.32 Å². The molecule has 0 unspecified atom stereocenters. The van der Waals surface area contributed by atoms with E-state index in [0.717, 1.165) is 17.0 Å². The van der Waals surface area contributed by atoms with E-state index in [9.17, 15) is 22.4 Å². The minimum atomic E-state index is -3.67. The summed E-state index contributed by atoms with van der Waals surface area (Å²) in [6, 6.07) is 9.19. The third-order valence-corrected chi connectivity index (χ3v) is 7.73. The van der Waals surface area contributed by atoms with E-state index in [1.807, 2.05) is 13.8 Å². The molecule has 0 radical (unpaired) electrons. The van der Waals surface area contributed by atoms with Gasteiger partial charge in [0, 0.05) is 41.2 Å². The first-order valence-corrected chi connectivity index (χ1v) is 14.2. The molecule has 0 bridgehead atoms. The van der Waals surface area contributed by atoms with Gasteiger partial charge in [-0.1, -0.05) is 36.2 Å². The van der Waals surface area contributed by atoms with Gasteiger partial charge in [0.2, 0.25) is 21.8 Å². The summed E-state index contributed by atoms with van der Waals surface area (Å²) in [6.45, 7) is 5.46. The SMILES string of the molecule is CC[C@H](C)NC(=O)[C@H](C)N(Cc1c(Cl)cccc1Cl)C(=O)CCCN(c1ccc(F)cc1)S(C)(=O)=O. The topological polar surface area (TPSA) is 86.8 Å². The Morgan fingerprint density at radius 1 is 1.06 bits per heavy atom. The highest BCUT2D eigenvalue weighted by molar-refractivity contribution is 7.92.